The minimum atomic E-state index is -0.986. The average Bonchev–Trinajstić information content (AvgIpc) is 2.79. The van der Waals surface area contributed by atoms with Crippen LogP contribution in [0.1, 0.15) is 30.7 Å². The van der Waals surface area contributed by atoms with E-state index in [-0.39, 0.29) is 0 Å². The van der Waals surface area contributed by atoms with E-state index in [1.165, 1.54) is 13.3 Å². The molecule has 108 valence electrons. The van der Waals surface area contributed by atoms with Crippen molar-refractivity contribution in [3.05, 3.63) is 45.7 Å². The van der Waals surface area contributed by atoms with E-state index in [0.29, 0.717) is 33.6 Å². The molecule has 0 aliphatic rings. The van der Waals surface area contributed by atoms with Gasteiger partial charge < -0.3 is 9.84 Å². The molecule has 0 spiro atoms. The van der Waals surface area contributed by atoms with E-state index in [1.807, 2.05) is 6.92 Å². The third kappa shape index (κ3) is 2.77. The largest absolute Gasteiger partial charge is 0.496 e. The molecule has 2 rings (SSSR count). The summed E-state index contributed by atoms with van der Waals surface area (Å²) in [6, 6.07) is 5.22. The van der Waals surface area contributed by atoms with Crippen LogP contribution in [0, 0.1) is 0 Å². The number of aromatic nitrogens is 2. The zero-order valence-corrected chi connectivity index (χ0v) is 12.8. The summed E-state index contributed by atoms with van der Waals surface area (Å²) in [6.07, 6.45) is 1.43. The molecule has 0 fully saturated rings. The van der Waals surface area contributed by atoms with Crippen molar-refractivity contribution in [3.8, 4) is 5.75 Å². The van der Waals surface area contributed by atoms with E-state index < -0.39 is 6.10 Å². The number of ether oxygens (including phenoxy) is 1. The number of hydrogen-bond donors (Lipinski definition) is 1. The van der Waals surface area contributed by atoms with Gasteiger partial charge in [0.15, 0.2) is 0 Å². The number of rotatable bonds is 5. The molecule has 1 N–H and O–H groups in total. The van der Waals surface area contributed by atoms with Gasteiger partial charge in [0.25, 0.3) is 0 Å². The molecule has 0 aliphatic heterocycles. The lowest BCUT2D eigenvalue weighted by atomic mass is 10.0. The van der Waals surface area contributed by atoms with Crippen LogP contribution < -0.4 is 4.74 Å². The molecule has 1 unspecified atom stereocenters. The van der Waals surface area contributed by atoms with Crippen LogP contribution in [0.4, 0.5) is 0 Å². The first-order valence-corrected chi connectivity index (χ1v) is 7.07. The normalized spacial score (nSPS) is 12.4. The number of aliphatic hydroxyl groups is 1. The SMILES string of the molecule is CCCn1ncc(Cl)c1C(O)c1c(Cl)cccc1OC. The van der Waals surface area contributed by atoms with Crippen molar-refractivity contribution in [2.75, 3.05) is 7.11 Å². The molecule has 1 heterocycles. The molecule has 1 aromatic carbocycles. The molecule has 1 aromatic heterocycles. The first-order chi connectivity index (χ1) is 9.60. The fraction of sp³-hybridized carbons (Fsp3) is 0.357. The van der Waals surface area contributed by atoms with Gasteiger partial charge in [0.2, 0.25) is 0 Å². The van der Waals surface area contributed by atoms with Crippen molar-refractivity contribution in [2.45, 2.75) is 26.0 Å². The maximum Gasteiger partial charge on any atom is 0.127 e. The maximum atomic E-state index is 10.7. The van der Waals surface area contributed by atoms with Gasteiger partial charge in [-0.25, -0.2) is 0 Å². The molecule has 0 aliphatic carbocycles. The van der Waals surface area contributed by atoms with Gasteiger partial charge in [-0.15, -0.1) is 0 Å². The standard InChI is InChI=1S/C14H16Cl2N2O2/c1-3-7-18-13(10(16)8-17-18)14(19)12-9(15)5-4-6-11(12)20-2/h4-6,8,14,19H,3,7H2,1-2H3. The number of halogens is 2. The molecule has 2 aromatic rings. The number of hydrogen-bond acceptors (Lipinski definition) is 3. The monoisotopic (exact) mass is 314 g/mol. The van der Waals surface area contributed by atoms with Crippen molar-refractivity contribution < 1.29 is 9.84 Å². The molecular formula is C14H16Cl2N2O2. The zero-order valence-electron chi connectivity index (χ0n) is 11.3. The number of aryl methyl sites for hydroxylation is 1. The van der Waals surface area contributed by atoms with Gasteiger partial charge in [-0.3, -0.25) is 4.68 Å². The third-order valence-electron chi connectivity index (χ3n) is 3.03. The van der Waals surface area contributed by atoms with Crippen molar-refractivity contribution in [2.24, 2.45) is 0 Å². The molecule has 0 saturated heterocycles. The van der Waals surface area contributed by atoms with Crippen LogP contribution in [0.5, 0.6) is 5.75 Å². The summed E-state index contributed by atoms with van der Waals surface area (Å²) in [5, 5.41) is 15.7. The lowest BCUT2D eigenvalue weighted by molar-refractivity contribution is 0.202. The van der Waals surface area contributed by atoms with Crippen molar-refractivity contribution in [1.82, 2.24) is 9.78 Å². The summed E-state index contributed by atoms with van der Waals surface area (Å²) >= 11 is 12.3. The Morgan fingerprint density at radius 2 is 2.10 bits per heavy atom. The van der Waals surface area contributed by atoms with E-state index >= 15 is 0 Å². The first kappa shape index (κ1) is 15.2. The molecule has 6 heteroatoms. The van der Waals surface area contributed by atoms with Gasteiger partial charge in [-0.1, -0.05) is 36.2 Å². The molecule has 20 heavy (non-hydrogen) atoms. The van der Waals surface area contributed by atoms with Crippen LogP contribution in [0.2, 0.25) is 10.0 Å². The molecule has 4 nitrogen and oxygen atoms in total. The van der Waals surface area contributed by atoms with Crippen LogP contribution in [-0.4, -0.2) is 22.0 Å². The number of methoxy groups -OCH3 is 1. The first-order valence-electron chi connectivity index (χ1n) is 6.31. The number of benzene rings is 1. The summed E-state index contributed by atoms with van der Waals surface area (Å²) in [5.41, 5.74) is 1.02. The van der Waals surface area contributed by atoms with Crippen molar-refractivity contribution in [3.63, 3.8) is 0 Å². The van der Waals surface area contributed by atoms with Gasteiger partial charge >= 0.3 is 0 Å². The highest BCUT2D eigenvalue weighted by atomic mass is 35.5. The second-order valence-corrected chi connectivity index (χ2v) is 5.17. The Labute approximate surface area is 127 Å². The minimum Gasteiger partial charge on any atom is -0.496 e. The summed E-state index contributed by atoms with van der Waals surface area (Å²) in [7, 11) is 1.53. The summed E-state index contributed by atoms with van der Waals surface area (Å²) in [4.78, 5) is 0. The molecule has 0 radical (unpaired) electrons. The Bertz CT molecular complexity index is 599. The van der Waals surface area contributed by atoms with Gasteiger partial charge in [-0.2, -0.15) is 5.10 Å². The van der Waals surface area contributed by atoms with Gasteiger partial charge in [0, 0.05) is 12.1 Å². The van der Waals surface area contributed by atoms with E-state index in [1.54, 1.807) is 22.9 Å². The van der Waals surface area contributed by atoms with Gasteiger partial charge in [0.1, 0.15) is 11.9 Å². The molecule has 1 atom stereocenters. The fourth-order valence-corrected chi connectivity index (χ4v) is 2.64. The van der Waals surface area contributed by atoms with Crippen LogP contribution in [0.3, 0.4) is 0 Å². The number of nitrogens with zero attached hydrogens (tertiary/aromatic N) is 2. The highest BCUT2D eigenvalue weighted by molar-refractivity contribution is 6.32. The predicted molar refractivity (Wildman–Crippen MR) is 79.6 cm³/mol. The number of aliphatic hydroxyl groups excluding tert-OH is 1. The summed E-state index contributed by atoms with van der Waals surface area (Å²) in [5.74, 6) is 0.519. The van der Waals surface area contributed by atoms with Gasteiger partial charge in [-0.05, 0) is 18.6 Å². The molecular weight excluding hydrogens is 299 g/mol. The van der Waals surface area contributed by atoms with Crippen LogP contribution in [-0.2, 0) is 6.54 Å². The molecule has 0 amide bonds. The second kappa shape index (κ2) is 6.48. The van der Waals surface area contributed by atoms with E-state index in [2.05, 4.69) is 5.10 Å². The maximum absolute atomic E-state index is 10.7. The highest BCUT2D eigenvalue weighted by Gasteiger charge is 2.24. The van der Waals surface area contributed by atoms with Crippen molar-refractivity contribution in [1.29, 1.82) is 0 Å². The van der Waals surface area contributed by atoms with Gasteiger partial charge in [0.05, 0.1) is 29.0 Å². The van der Waals surface area contributed by atoms with E-state index in [0.717, 1.165) is 6.42 Å². The Kier molecular flexibility index (Phi) is 4.91. The Balaban J connectivity index is 2.51. The lowest BCUT2D eigenvalue weighted by Gasteiger charge is -2.18. The van der Waals surface area contributed by atoms with Crippen LogP contribution in [0.15, 0.2) is 24.4 Å². The second-order valence-electron chi connectivity index (χ2n) is 4.36. The summed E-state index contributed by atoms with van der Waals surface area (Å²) < 4.78 is 6.96. The van der Waals surface area contributed by atoms with E-state index in [9.17, 15) is 5.11 Å². The molecule has 0 saturated carbocycles. The Hall–Kier alpha value is -1.23. The quantitative estimate of drug-likeness (QED) is 0.915. The topological polar surface area (TPSA) is 47.3 Å². The third-order valence-corrected chi connectivity index (χ3v) is 3.65. The Morgan fingerprint density at radius 1 is 1.35 bits per heavy atom. The van der Waals surface area contributed by atoms with Crippen LogP contribution in [0.25, 0.3) is 0 Å². The van der Waals surface area contributed by atoms with E-state index in [4.69, 9.17) is 27.9 Å². The summed E-state index contributed by atoms with van der Waals surface area (Å²) in [6.45, 7) is 2.70. The average molecular weight is 315 g/mol. The molecule has 0 bridgehead atoms. The van der Waals surface area contributed by atoms with Crippen molar-refractivity contribution >= 4 is 23.2 Å². The lowest BCUT2D eigenvalue weighted by Crippen LogP contribution is -2.12. The highest BCUT2D eigenvalue weighted by Crippen LogP contribution is 2.37. The van der Waals surface area contributed by atoms with Crippen LogP contribution >= 0.6 is 23.2 Å². The fourth-order valence-electron chi connectivity index (χ4n) is 2.13. The minimum absolute atomic E-state index is 0.410. The Morgan fingerprint density at radius 3 is 2.75 bits per heavy atom. The zero-order chi connectivity index (χ0) is 14.7. The predicted octanol–water partition coefficient (Wildman–Crippen LogP) is 3.69. The smallest absolute Gasteiger partial charge is 0.127 e.